The number of benzene rings is 9. The van der Waals surface area contributed by atoms with Gasteiger partial charge < -0.3 is 4.42 Å². The fourth-order valence-electron chi connectivity index (χ4n) is 8.25. The second kappa shape index (κ2) is 13.6. The Morgan fingerprint density at radius 3 is 1.23 bits per heavy atom. The number of hydrogen-bond donors (Lipinski definition) is 0. The summed E-state index contributed by atoms with van der Waals surface area (Å²) in [5.74, 6) is 1.78. The van der Waals surface area contributed by atoms with Crippen molar-refractivity contribution in [3.05, 3.63) is 200 Å². The first-order chi connectivity index (χ1) is 28.3. The predicted octanol–water partition coefficient (Wildman–Crippen LogP) is 14.1. The van der Waals surface area contributed by atoms with Gasteiger partial charge in [0.05, 0.1) is 5.56 Å². The minimum Gasteiger partial charge on any atom is -0.455 e. The van der Waals surface area contributed by atoms with E-state index in [0.29, 0.717) is 17.5 Å². The third-order valence-electron chi connectivity index (χ3n) is 11.0. The van der Waals surface area contributed by atoms with E-state index in [2.05, 4.69) is 140 Å². The maximum atomic E-state index is 6.44. The Balaban J connectivity index is 1.02. The van der Waals surface area contributed by atoms with Gasteiger partial charge in [0.2, 0.25) is 0 Å². The molecule has 266 valence electrons. The molecule has 0 radical (unpaired) electrons. The largest absolute Gasteiger partial charge is 0.455 e. The number of hydrogen-bond acceptors (Lipinski definition) is 4. The standard InChI is InChI=1S/C53H33N3O/c1-3-14-34(15-4-1)38-30-31-39(42-19-8-7-18-41(38)42)35-26-28-36(29-27-35)40-32-33-47(44-21-10-9-20-43(40)44)52-54-51(37-16-5-2-6-17-37)55-53(56-52)48-24-13-23-46-45-22-11-12-25-49(45)57-50(46)48/h1-33H. The van der Waals surface area contributed by atoms with E-state index in [4.69, 9.17) is 19.4 Å². The van der Waals surface area contributed by atoms with Crippen LogP contribution in [0.25, 0.3) is 111 Å². The molecule has 4 nitrogen and oxygen atoms in total. The molecule has 0 unspecified atom stereocenters. The topological polar surface area (TPSA) is 51.8 Å². The average Bonchev–Trinajstić information content (AvgIpc) is 3.68. The molecule has 0 aliphatic carbocycles. The molecule has 0 N–H and O–H groups in total. The quantitative estimate of drug-likeness (QED) is 0.171. The number of furan rings is 1. The molecule has 0 aliphatic rings. The molecular weight excluding hydrogens is 695 g/mol. The van der Waals surface area contributed by atoms with E-state index >= 15 is 0 Å². The van der Waals surface area contributed by atoms with Crippen LogP contribution in [0.1, 0.15) is 0 Å². The lowest BCUT2D eigenvalue weighted by atomic mass is 9.90. The van der Waals surface area contributed by atoms with Crippen molar-refractivity contribution in [1.82, 2.24) is 15.0 Å². The van der Waals surface area contributed by atoms with E-state index in [1.54, 1.807) is 0 Å². The summed E-state index contributed by atoms with van der Waals surface area (Å²) >= 11 is 0. The molecule has 2 heterocycles. The third-order valence-corrected chi connectivity index (χ3v) is 11.0. The highest BCUT2D eigenvalue weighted by Crippen LogP contribution is 2.40. The van der Waals surface area contributed by atoms with Gasteiger partial charge in [-0.15, -0.1) is 0 Å². The number of para-hydroxylation sites is 2. The van der Waals surface area contributed by atoms with Gasteiger partial charge in [0.15, 0.2) is 17.5 Å². The van der Waals surface area contributed by atoms with Gasteiger partial charge in [0.1, 0.15) is 11.2 Å². The van der Waals surface area contributed by atoms with Crippen molar-refractivity contribution in [2.45, 2.75) is 0 Å². The van der Waals surface area contributed by atoms with Crippen LogP contribution in [0.5, 0.6) is 0 Å². The van der Waals surface area contributed by atoms with Crippen molar-refractivity contribution >= 4 is 43.5 Å². The van der Waals surface area contributed by atoms with Gasteiger partial charge in [-0.3, -0.25) is 0 Å². The van der Waals surface area contributed by atoms with Crippen LogP contribution in [-0.4, -0.2) is 15.0 Å². The first kappa shape index (κ1) is 32.7. The smallest absolute Gasteiger partial charge is 0.167 e. The fraction of sp³-hybridized carbons (Fsp3) is 0. The van der Waals surface area contributed by atoms with Crippen LogP contribution in [-0.2, 0) is 0 Å². The maximum absolute atomic E-state index is 6.44. The minimum atomic E-state index is 0.566. The zero-order valence-electron chi connectivity index (χ0n) is 30.8. The third kappa shape index (κ3) is 5.66. The molecule has 0 fully saturated rings. The van der Waals surface area contributed by atoms with Crippen LogP contribution >= 0.6 is 0 Å². The summed E-state index contributed by atoms with van der Waals surface area (Å²) < 4.78 is 6.44. The van der Waals surface area contributed by atoms with Crippen molar-refractivity contribution in [1.29, 1.82) is 0 Å². The van der Waals surface area contributed by atoms with Crippen LogP contribution in [0, 0.1) is 0 Å². The van der Waals surface area contributed by atoms with Crippen molar-refractivity contribution in [2.75, 3.05) is 0 Å². The van der Waals surface area contributed by atoms with Crippen LogP contribution in [0.3, 0.4) is 0 Å². The number of rotatable bonds is 6. The molecule has 0 bridgehead atoms. The Kier molecular flexibility index (Phi) is 7.78. The van der Waals surface area contributed by atoms with Gasteiger partial charge in [0, 0.05) is 21.9 Å². The monoisotopic (exact) mass is 727 g/mol. The van der Waals surface area contributed by atoms with Gasteiger partial charge >= 0.3 is 0 Å². The van der Waals surface area contributed by atoms with Gasteiger partial charge in [-0.1, -0.05) is 182 Å². The average molecular weight is 728 g/mol. The van der Waals surface area contributed by atoms with E-state index in [1.807, 2.05) is 60.7 Å². The van der Waals surface area contributed by atoms with Crippen LogP contribution in [0.2, 0.25) is 0 Å². The highest BCUT2D eigenvalue weighted by Gasteiger charge is 2.19. The second-order valence-corrected chi connectivity index (χ2v) is 14.3. The Bertz CT molecular complexity index is 3280. The summed E-state index contributed by atoms with van der Waals surface area (Å²) in [5, 5.41) is 6.78. The lowest BCUT2D eigenvalue weighted by Crippen LogP contribution is -2.01. The zero-order valence-corrected chi connectivity index (χ0v) is 30.8. The van der Waals surface area contributed by atoms with E-state index in [1.165, 1.54) is 33.0 Å². The molecule has 0 atom stereocenters. The Labute approximate surface area is 329 Å². The molecule has 57 heavy (non-hydrogen) atoms. The highest BCUT2D eigenvalue weighted by atomic mass is 16.3. The molecule has 2 aromatic heterocycles. The molecule has 0 saturated heterocycles. The van der Waals surface area contributed by atoms with Crippen molar-refractivity contribution in [3.8, 4) is 67.5 Å². The summed E-state index contributed by atoms with van der Waals surface area (Å²) in [7, 11) is 0. The van der Waals surface area contributed by atoms with Crippen molar-refractivity contribution in [2.24, 2.45) is 0 Å². The molecule has 0 saturated carbocycles. The van der Waals surface area contributed by atoms with Gasteiger partial charge in [-0.05, 0) is 73.1 Å². The Morgan fingerprint density at radius 2 is 0.649 bits per heavy atom. The SMILES string of the molecule is c1ccc(-c2nc(-c3ccc(-c4ccc(-c5ccc(-c6ccccc6)c6ccccc56)cc4)c4ccccc34)nc(-c3cccc4c3oc3ccccc34)n2)cc1. The molecule has 0 aliphatic heterocycles. The number of fused-ring (bicyclic) bond motifs is 5. The summed E-state index contributed by atoms with van der Waals surface area (Å²) in [5.41, 5.74) is 11.4. The first-order valence-corrected chi connectivity index (χ1v) is 19.2. The molecule has 0 spiro atoms. The maximum Gasteiger partial charge on any atom is 0.167 e. The van der Waals surface area contributed by atoms with Crippen LogP contribution in [0.15, 0.2) is 205 Å². The minimum absolute atomic E-state index is 0.566. The van der Waals surface area contributed by atoms with Gasteiger partial charge in [-0.2, -0.15) is 0 Å². The van der Waals surface area contributed by atoms with Crippen molar-refractivity contribution < 1.29 is 4.42 Å². The summed E-state index contributed by atoms with van der Waals surface area (Å²) in [6.07, 6.45) is 0. The molecule has 11 rings (SSSR count). The van der Waals surface area contributed by atoms with Crippen LogP contribution < -0.4 is 0 Å². The summed E-state index contributed by atoms with van der Waals surface area (Å²) in [4.78, 5) is 15.4. The lowest BCUT2D eigenvalue weighted by Gasteiger charge is -2.14. The van der Waals surface area contributed by atoms with E-state index < -0.39 is 0 Å². The molecule has 4 heteroatoms. The summed E-state index contributed by atoms with van der Waals surface area (Å²) in [6, 6.07) is 70.0. The van der Waals surface area contributed by atoms with Crippen molar-refractivity contribution in [3.63, 3.8) is 0 Å². The Hall–Kier alpha value is -7.69. The number of nitrogens with zero attached hydrogens (tertiary/aromatic N) is 3. The van der Waals surface area contributed by atoms with Gasteiger partial charge in [-0.25, -0.2) is 15.0 Å². The first-order valence-electron chi connectivity index (χ1n) is 19.2. The van der Waals surface area contributed by atoms with E-state index in [9.17, 15) is 0 Å². The normalized spacial score (nSPS) is 11.5. The predicted molar refractivity (Wildman–Crippen MR) is 235 cm³/mol. The summed E-state index contributed by atoms with van der Waals surface area (Å²) in [6.45, 7) is 0. The van der Waals surface area contributed by atoms with E-state index in [0.717, 1.165) is 60.5 Å². The highest BCUT2D eigenvalue weighted by molar-refractivity contribution is 6.10. The molecule has 9 aromatic carbocycles. The molecular formula is C53H33N3O. The van der Waals surface area contributed by atoms with Crippen LogP contribution in [0.4, 0.5) is 0 Å². The lowest BCUT2D eigenvalue weighted by molar-refractivity contribution is 0.669. The molecule has 0 amide bonds. The molecule has 11 aromatic rings. The number of aromatic nitrogens is 3. The fourth-order valence-corrected chi connectivity index (χ4v) is 8.25. The zero-order chi connectivity index (χ0) is 37.7. The van der Waals surface area contributed by atoms with E-state index in [-0.39, 0.29) is 0 Å². The second-order valence-electron chi connectivity index (χ2n) is 14.3. The van der Waals surface area contributed by atoms with Gasteiger partial charge in [0.25, 0.3) is 0 Å². The Morgan fingerprint density at radius 1 is 0.246 bits per heavy atom.